The number of carbonyl (C=O) groups excluding carboxylic acids is 2. The van der Waals surface area contributed by atoms with Gasteiger partial charge in [-0.25, -0.2) is 0 Å². The average molecular weight is 324 g/mol. The lowest BCUT2D eigenvalue weighted by molar-refractivity contribution is -0.115. The van der Waals surface area contributed by atoms with Gasteiger partial charge in [0.2, 0.25) is 5.91 Å². The Morgan fingerprint density at radius 3 is 2.04 bits per heavy atom. The van der Waals surface area contributed by atoms with Crippen LogP contribution in [0, 0.1) is 6.92 Å². The fourth-order valence-electron chi connectivity index (χ4n) is 2.23. The fourth-order valence-corrected chi connectivity index (χ4v) is 2.23. The van der Waals surface area contributed by atoms with Crippen molar-refractivity contribution < 1.29 is 9.59 Å². The van der Waals surface area contributed by atoms with Crippen LogP contribution in [0.25, 0.3) is 0 Å². The lowest BCUT2D eigenvalue weighted by atomic mass is 9.87. The summed E-state index contributed by atoms with van der Waals surface area (Å²) >= 11 is 0. The number of benzene rings is 2. The molecule has 2 rings (SSSR count). The molecule has 0 heterocycles. The highest BCUT2D eigenvalue weighted by molar-refractivity contribution is 5.99. The van der Waals surface area contributed by atoms with Gasteiger partial charge in [-0.05, 0) is 42.2 Å². The highest BCUT2D eigenvalue weighted by Crippen LogP contribution is 2.23. The highest BCUT2D eigenvalue weighted by Gasteiger charge is 2.13. The first-order chi connectivity index (χ1) is 11.3. The van der Waals surface area contributed by atoms with Gasteiger partial charge in [-0.2, -0.15) is 0 Å². The van der Waals surface area contributed by atoms with E-state index in [1.807, 2.05) is 43.3 Å². The molecule has 0 aliphatic rings. The molecule has 0 atom stereocenters. The number of anilines is 1. The van der Waals surface area contributed by atoms with Crippen LogP contribution in [0.15, 0.2) is 48.5 Å². The van der Waals surface area contributed by atoms with E-state index in [2.05, 4.69) is 31.4 Å². The minimum atomic E-state index is -0.256. The van der Waals surface area contributed by atoms with Crippen LogP contribution in [-0.4, -0.2) is 18.4 Å². The molecule has 0 fully saturated rings. The Hall–Kier alpha value is -2.62. The smallest absolute Gasteiger partial charge is 0.251 e. The number of carbonyl (C=O) groups is 2. The number of aryl methyl sites for hydroxylation is 1. The van der Waals surface area contributed by atoms with Gasteiger partial charge in [0.05, 0.1) is 6.54 Å². The summed E-state index contributed by atoms with van der Waals surface area (Å²) in [4.78, 5) is 23.9. The summed E-state index contributed by atoms with van der Waals surface area (Å²) in [5.74, 6) is -0.507. The molecule has 4 heteroatoms. The molecule has 0 aliphatic carbocycles. The van der Waals surface area contributed by atoms with Gasteiger partial charge in [-0.1, -0.05) is 50.6 Å². The second-order valence-electron chi connectivity index (χ2n) is 6.92. The normalized spacial score (nSPS) is 11.0. The number of amides is 2. The van der Waals surface area contributed by atoms with Crippen molar-refractivity contribution in [3.63, 3.8) is 0 Å². The van der Waals surface area contributed by atoms with Gasteiger partial charge in [-0.15, -0.1) is 0 Å². The Morgan fingerprint density at radius 2 is 1.50 bits per heavy atom. The Labute approximate surface area is 143 Å². The van der Waals surface area contributed by atoms with Crippen LogP contribution in [0.5, 0.6) is 0 Å². The number of nitrogens with one attached hydrogen (secondary N) is 2. The number of hydrogen-bond donors (Lipinski definition) is 2. The molecule has 126 valence electrons. The molecule has 2 N–H and O–H groups in total. The van der Waals surface area contributed by atoms with E-state index in [-0.39, 0.29) is 23.8 Å². The summed E-state index contributed by atoms with van der Waals surface area (Å²) in [5.41, 5.74) is 3.63. The molecule has 0 aliphatic heterocycles. The molecular weight excluding hydrogens is 300 g/mol. The molecule has 2 amide bonds. The van der Waals surface area contributed by atoms with Crippen LogP contribution in [-0.2, 0) is 10.2 Å². The van der Waals surface area contributed by atoms with Gasteiger partial charge in [0.1, 0.15) is 0 Å². The molecule has 0 aromatic heterocycles. The minimum absolute atomic E-state index is 0.0618. The van der Waals surface area contributed by atoms with E-state index in [1.54, 1.807) is 12.1 Å². The first kappa shape index (κ1) is 17.7. The zero-order valence-corrected chi connectivity index (χ0v) is 14.6. The average Bonchev–Trinajstić information content (AvgIpc) is 2.53. The lowest BCUT2D eigenvalue weighted by Crippen LogP contribution is -2.32. The van der Waals surface area contributed by atoms with Gasteiger partial charge in [-0.3, -0.25) is 9.59 Å². The van der Waals surface area contributed by atoms with E-state index >= 15 is 0 Å². The van der Waals surface area contributed by atoms with Crippen LogP contribution in [0.2, 0.25) is 0 Å². The standard InChI is InChI=1S/C20H24N2O2/c1-14-5-7-15(8-6-14)19(24)21-13-18(23)22-17-11-9-16(10-12-17)20(2,3)4/h5-12H,13H2,1-4H3,(H,21,24)(H,22,23). The Kier molecular flexibility index (Phi) is 5.39. The van der Waals surface area contributed by atoms with Crippen molar-refractivity contribution in [3.05, 3.63) is 65.2 Å². The first-order valence-corrected chi connectivity index (χ1v) is 8.01. The maximum absolute atomic E-state index is 12.0. The summed E-state index contributed by atoms with van der Waals surface area (Å²) in [7, 11) is 0. The van der Waals surface area contributed by atoms with Crippen LogP contribution in [0.3, 0.4) is 0 Å². The molecule has 4 nitrogen and oxygen atoms in total. The number of hydrogen-bond acceptors (Lipinski definition) is 2. The maximum Gasteiger partial charge on any atom is 0.251 e. The molecule has 0 saturated heterocycles. The van der Waals surface area contributed by atoms with Crippen molar-refractivity contribution in [3.8, 4) is 0 Å². The van der Waals surface area contributed by atoms with E-state index in [4.69, 9.17) is 0 Å². The SMILES string of the molecule is Cc1ccc(C(=O)NCC(=O)Nc2ccc(C(C)(C)C)cc2)cc1. The third kappa shape index (κ3) is 4.95. The molecule has 0 unspecified atom stereocenters. The summed E-state index contributed by atoms with van der Waals surface area (Å²) < 4.78 is 0. The van der Waals surface area contributed by atoms with Crippen molar-refractivity contribution >= 4 is 17.5 Å². The summed E-state index contributed by atoms with van der Waals surface area (Å²) in [5, 5.41) is 5.41. The van der Waals surface area contributed by atoms with Crippen molar-refractivity contribution in [2.75, 3.05) is 11.9 Å². The lowest BCUT2D eigenvalue weighted by Gasteiger charge is -2.19. The van der Waals surface area contributed by atoms with Crippen molar-refractivity contribution in [1.29, 1.82) is 0 Å². The zero-order valence-electron chi connectivity index (χ0n) is 14.6. The van der Waals surface area contributed by atoms with E-state index in [1.165, 1.54) is 5.56 Å². The molecular formula is C20H24N2O2. The van der Waals surface area contributed by atoms with Gasteiger partial charge < -0.3 is 10.6 Å². The van der Waals surface area contributed by atoms with Gasteiger partial charge in [0, 0.05) is 11.3 Å². The summed E-state index contributed by atoms with van der Waals surface area (Å²) in [6.07, 6.45) is 0. The van der Waals surface area contributed by atoms with Crippen LogP contribution in [0.4, 0.5) is 5.69 Å². The summed E-state index contributed by atoms with van der Waals surface area (Å²) in [6, 6.07) is 15.0. The zero-order chi connectivity index (χ0) is 17.7. The highest BCUT2D eigenvalue weighted by atomic mass is 16.2. The largest absolute Gasteiger partial charge is 0.343 e. The molecule has 0 spiro atoms. The van der Waals surface area contributed by atoms with Crippen LogP contribution in [0.1, 0.15) is 42.3 Å². The van der Waals surface area contributed by atoms with Crippen molar-refractivity contribution in [1.82, 2.24) is 5.32 Å². The Bertz CT molecular complexity index is 711. The molecule has 0 saturated carbocycles. The van der Waals surface area contributed by atoms with Crippen LogP contribution < -0.4 is 10.6 Å². The van der Waals surface area contributed by atoms with Gasteiger partial charge in [0.15, 0.2) is 0 Å². The molecule has 2 aromatic rings. The number of rotatable bonds is 4. The first-order valence-electron chi connectivity index (χ1n) is 8.01. The van der Waals surface area contributed by atoms with E-state index in [0.717, 1.165) is 11.3 Å². The topological polar surface area (TPSA) is 58.2 Å². The molecule has 0 bridgehead atoms. The summed E-state index contributed by atoms with van der Waals surface area (Å²) in [6.45, 7) is 8.32. The van der Waals surface area contributed by atoms with E-state index < -0.39 is 0 Å². The van der Waals surface area contributed by atoms with Crippen LogP contribution >= 0.6 is 0 Å². The minimum Gasteiger partial charge on any atom is -0.343 e. The second kappa shape index (κ2) is 7.30. The van der Waals surface area contributed by atoms with Gasteiger partial charge in [0.25, 0.3) is 5.91 Å². The predicted molar refractivity (Wildman–Crippen MR) is 97.3 cm³/mol. The second-order valence-corrected chi connectivity index (χ2v) is 6.92. The monoisotopic (exact) mass is 324 g/mol. The Balaban J connectivity index is 1.87. The third-order valence-electron chi connectivity index (χ3n) is 3.76. The van der Waals surface area contributed by atoms with Gasteiger partial charge >= 0.3 is 0 Å². The van der Waals surface area contributed by atoms with E-state index in [9.17, 15) is 9.59 Å². The fraction of sp³-hybridized carbons (Fsp3) is 0.300. The predicted octanol–water partition coefficient (Wildman–Crippen LogP) is 3.66. The van der Waals surface area contributed by atoms with Crippen molar-refractivity contribution in [2.24, 2.45) is 0 Å². The van der Waals surface area contributed by atoms with Crippen molar-refractivity contribution in [2.45, 2.75) is 33.1 Å². The maximum atomic E-state index is 12.0. The van der Waals surface area contributed by atoms with E-state index in [0.29, 0.717) is 5.56 Å². The molecule has 24 heavy (non-hydrogen) atoms. The Morgan fingerprint density at radius 1 is 0.917 bits per heavy atom. The quantitative estimate of drug-likeness (QED) is 0.901. The third-order valence-corrected chi connectivity index (χ3v) is 3.76. The molecule has 0 radical (unpaired) electrons. The molecule has 2 aromatic carbocycles.